The summed E-state index contributed by atoms with van der Waals surface area (Å²) in [5.41, 5.74) is 3.32. The molecule has 7 heteroatoms. The first-order valence-corrected chi connectivity index (χ1v) is 11.8. The number of aryl methyl sites for hydroxylation is 2. The van der Waals surface area contributed by atoms with Gasteiger partial charge in [-0.2, -0.15) is 0 Å². The number of rotatable bonds is 7. The summed E-state index contributed by atoms with van der Waals surface area (Å²) in [6.45, 7) is 3.88. The van der Waals surface area contributed by atoms with Gasteiger partial charge in [0.15, 0.2) is 0 Å². The van der Waals surface area contributed by atoms with E-state index in [2.05, 4.69) is 10.3 Å². The largest absolute Gasteiger partial charge is 0.441 e. The van der Waals surface area contributed by atoms with Gasteiger partial charge in [-0.3, -0.25) is 9.00 Å². The van der Waals surface area contributed by atoms with Gasteiger partial charge in [0.1, 0.15) is 11.6 Å². The van der Waals surface area contributed by atoms with Crippen LogP contribution in [0.3, 0.4) is 0 Å². The fraction of sp³-hybridized carbons (Fsp3) is 0.154. The number of halogens is 1. The average molecular weight is 463 g/mol. The highest BCUT2D eigenvalue weighted by Gasteiger charge is 2.16. The maximum absolute atomic E-state index is 13.7. The van der Waals surface area contributed by atoms with E-state index in [0.29, 0.717) is 34.0 Å². The monoisotopic (exact) mass is 462 g/mol. The van der Waals surface area contributed by atoms with Gasteiger partial charge in [-0.05, 0) is 56.3 Å². The van der Waals surface area contributed by atoms with E-state index in [1.807, 2.05) is 31.2 Å². The Kier molecular flexibility index (Phi) is 6.79. The van der Waals surface area contributed by atoms with Crippen molar-refractivity contribution in [2.45, 2.75) is 31.0 Å². The molecule has 0 aliphatic rings. The Morgan fingerprint density at radius 2 is 1.70 bits per heavy atom. The molecule has 5 nitrogen and oxygen atoms in total. The van der Waals surface area contributed by atoms with Crippen LogP contribution in [-0.2, 0) is 23.1 Å². The first kappa shape index (κ1) is 22.6. The lowest BCUT2D eigenvalue weighted by molar-refractivity contribution is 0.0950. The van der Waals surface area contributed by atoms with Crippen molar-refractivity contribution in [3.05, 3.63) is 107 Å². The van der Waals surface area contributed by atoms with Crippen LogP contribution < -0.4 is 5.32 Å². The molecule has 1 atom stereocenters. The highest BCUT2D eigenvalue weighted by Crippen LogP contribution is 2.24. The summed E-state index contributed by atoms with van der Waals surface area (Å²) in [4.78, 5) is 17.7. The van der Waals surface area contributed by atoms with Gasteiger partial charge in [-0.1, -0.05) is 35.9 Å². The molecule has 0 radical (unpaired) electrons. The summed E-state index contributed by atoms with van der Waals surface area (Å²) in [5.74, 6) is 0.613. The standard InChI is InChI=1S/C26H23FN2O3S/c1-17-7-13-22(14-8-17)33(31)16-24-18(2)32-26(29-24)20-11-9-19(10-12-20)25(30)28-15-21-5-3-4-6-23(21)27/h3-14H,15-16H2,1-2H3,(H,28,30)/t33-/m1/s1. The molecule has 4 rings (SSSR count). The van der Waals surface area contributed by atoms with E-state index < -0.39 is 10.8 Å². The van der Waals surface area contributed by atoms with Gasteiger partial charge in [0, 0.05) is 28.1 Å². The number of aromatic nitrogens is 1. The fourth-order valence-corrected chi connectivity index (χ4v) is 4.39. The highest BCUT2D eigenvalue weighted by molar-refractivity contribution is 7.84. The predicted molar refractivity (Wildman–Crippen MR) is 126 cm³/mol. The zero-order valence-electron chi connectivity index (χ0n) is 18.3. The molecule has 4 aromatic rings. The number of nitrogens with one attached hydrogen (secondary N) is 1. The first-order chi connectivity index (χ1) is 15.9. The molecule has 0 spiro atoms. The number of oxazole rings is 1. The van der Waals surface area contributed by atoms with Gasteiger partial charge >= 0.3 is 0 Å². The van der Waals surface area contributed by atoms with Crippen LogP contribution in [0.4, 0.5) is 4.39 Å². The smallest absolute Gasteiger partial charge is 0.251 e. The molecule has 1 aromatic heterocycles. The second-order valence-electron chi connectivity index (χ2n) is 7.68. The minimum Gasteiger partial charge on any atom is -0.441 e. The second kappa shape index (κ2) is 9.92. The van der Waals surface area contributed by atoms with Crippen molar-refractivity contribution in [1.82, 2.24) is 10.3 Å². The summed E-state index contributed by atoms with van der Waals surface area (Å²) in [6.07, 6.45) is 0. The number of hydrogen-bond donors (Lipinski definition) is 1. The third-order valence-electron chi connectivity index (χ3n) is 5.24. The number of carbonyl (C=O) groups excluding carboxylic acids is 1. The SMILES string of the molecule is Cc1ccc([S@](=O)Cc2nc(-c3ccc(C(=O)NCc4ccccc4F)cc3)oc2C)cc1. The molecular formula is C26H23FN2O3S. The van der Waals surface area contributed by atoms with E-state index in [4.69, 9.17) is 4.42 Å². The van der Waals surface area contributed by atoms with Crippen LogP contribution in [-0.4, -0.2) is 15.1 Å². The molecule has 0 unspecified atom stereocenters. The van der Waals surface area contributed by atoms with Crippen LogP contribution in [0.1, 0.15) is 32.9 Å². The van der Waals surface area contributed by atoms with E-state index in [1.54, 1.807) is 49.4 Å². The topological polar surface area (TPSA) is 72.2 Å². The summed E-state index contributed by atoms with van der Waals surface area (Å²) in [7, 11) is -1.23. The lowest BCUT2D eigenvalue weighted by Gasteiger charge is -2.06. The van der Waals surface area contributed by atoms with Gasteiger partial charge in [-0.15, -0.1) is 0 Å². The lowest BCUT2D eigenvalue weighted by Crippen LogP contribution is -2.23. The number of hydrogen-bond acceptors (Lipinski definition) is 4. The van der Waals surface area contributed by atoms with Crippen molar-refractivity contribution in [3.8, 4) is 11.5 Å². The molecule has 0 bridgehead atoms. The van der Waals surface area contributed by atoms with E-state index in [1.165, 1.54) is 6.07 Å². The summed E-state index contributed by atoms with van der Waals surface area (Å²) < 4.78 is 32.2. The van der Waals surface area contributed by atoms with Gasteiger partial charge in [0.05, 0.1) is 22.2 Å². The quantitative estimate of drug-likeness (QED) is 0.403. The Hall–Kier alpha value is -3.58. The van der Waals surface area contributed by atoms with Gasteiger partial charge in [0.25, 0.3) is 5.91 Å². The molecule has 0 saturated carbocycles. The predicted octanol–water partition coefficient (Wildman–Crippen LogP) is 5.34. The Bertz CT molecular complexity index is 1300. The number of benzene rings is 3. The van der Waals surface area contributed by atoms with Crippen molar-refractivity contribution in [2.75, 3.05) is 0 Å². The minimum absolute atomic E-state index is 0.105. The van der Waals surface area contributed by atoms with Crippen LogP contribution in [0.2, 0.25) is 0 Å². The van der Waals surface area contributed by atoms with Crippen LogP contribution in [0, 0.1) is 19.7 Å². The zero-order valence-corrected chi connectivity index (χ0v) is 19.1. The highest BCUT2D eigenvalue weighted by atomic mass is 32.2. The van der Waals surface area contributed by atoms with Gasteiger partial charge in [0.2, 0.25) is 5.89 Å². The molecule has 168 valence electrons. The summed E-state index contributed by atoms with van der Waals surface area (Å²) >= 11 is 0. The number of amides is 1. The third-order valence-corrected chi connectivity index (χ3v) is 6.57. The van der Waals surface area contributed by atoms with Crippen molar-refractivity contribution in [1.29, 1.82) is 0 Å². The van der Waals surface area contributed by atoms with Crippen molar-refractivity contribution >= 4 is 16.7 Å². The molecule has 1 heterocycles. The fourth-order valence-electron chi connectivity index (χ4n) is 3.27. The summed E-state index contributed by atoms with van der Waals surface area (Å²) in [6, 6.07) is 20.7. The average Bonchev–Trinajstić information content (AvgIpc) is 3.19. The Morgan fingerprint density at radius 3 is 2.39 bits per heavy atom. The molecule has 1 N–H and O–H groups in total. The van der Waals surface area contributed by atoms with E-state index in [9.17, 15) is 13.4 Å². The molecule has 1 amide bonds. The zero-order chi connectivity index (χ0) is 23.4. The molecule has 0 saturated heterocycles. The third kappa shape index (κ3) is 5.43. The molecule has 0 aliphatic carbocycles. The molecule has 0 aliphatic heterocycles. The Morgan fingerprint density at radius 1 is 1.00 bits per heavy atom. The van der Waals surface area contributed by atoms with Gasteiger partial charge < -0.3 is 9.73 Å². The normalized spacial score (nSPS) is 11.8. The van der Waals surface area contributed by atoms with Crippen LogP contribution >= 0.6 is 0 Å². The maximum atomic E-state index is 13.7. The van der Waals surface area contributed by atoms with Crippen LogP contribution in [0.5, 0.6) is 0 Å². The molecule has 3 aromatic carbocycles. The summed E-state index contributed by atoms with van der Waals surface area (Å²) in [5, 5.41) is 2.72. The van der Waals surface area contributed by atoms with Crippen molar-refractivity contribution in [3.63, 3.8) is 0 Å². The van der Waals surface area contributed by atoms with E-state index in [0.717, 1.165) is 10.5 Å². The molecule has 33 heavy (non-hydrogen) atoms. The van der Waals surface area contributed by atoms with Crippen LogP contribution in [0.25, 0.3) is 11.5 Å². The first-order valence-electron chi connectivity index (χ1n) is 10.4. The Labute approximate surface area is 194 Å². The van der Waals surface area contributed by atoms with Crippen molar-refractivity contribution in [2.24, 2.45) is 0 Å². The maximum Gasteiger partial charge on any atom is 0.251 e. The van der Waals surface area contributed by atoms with E-state index >= 15 is 0 Å². The second-order valence-corrected chi connectivity index (χ2v) is 9.13. The number of nitrogens with zero attached hydrogens (tertiary/aromatic N) is 1. The molecular weight excluding hydrogens is 439 g/mol. The minimum atomic E-state index is -1.23. The van der Waals surface area contributed by atoms with E-state index in [-0.39, 0.29) is 24.0 Å². The van der Waals surface area contributed by atoms with Crippen LogP contribution in [0.15, 0.2) is 82.1 Å². The molecule has 0 fully saturated rings. The van der Waals surface area contributed by atoms with Gasteiger partial charge in [-0.25, -0.2) is 9.37 Å². The van der Waals surface area contributed by atoms with Crippen molar-refractivity contribution < 1.29 is 17.8 Å². The Balaban J connectivity index is 1.42. The lowest BCUT2D eigenvalue weighted by atomic mass is 10.1. The number of carbonyl (C=O) groups is 1.